The van der Waals surface area contributed by atoms with Gasteiger partial charge in [-0.3, -0.25) is 9.69 Å². The van der Waals surface area contributed by atoms with Gasteiger partial charge in [-0.05, 0) is 37.1 Å². The number of ether oxygens (including phenoxy) is 1. The number of hydrogen-bond donors (Lipinski definition) is 0. The van der Waals surface area contributed by atoms with Gasteiger partial charge in [0.2, 0.25) is 0 Å². The Morgan fingerprint density at radius 2 is 1.83 bits per heavy atom. The van der Waals surface area contributed by atoms with Gasteiger partial charge in [-0.1, -0.05) is 60.7 Å². The summed E-state index contributed by atoms with van der Waals surface area (Å²) < 4.78 is 5.55. The molecule has 0 saturated carbocycles. The molecule has 126 valence electrons. The molecular formula is C21H25NO2. The Kier molecular flexibility index (Phi) is 6.76. The Morgan fingerprint density at radius 3 is 2.50 bits per heavy atom. The van der Waals surface area contributed by atoms with Crippen molar-refractivity contribution in [1.29, 1.82) is 0 Å². The summed E-state index contributed by atoms with van der Waals surface area (Å²) in [7, 11) is 1.94. The largest absolute Gasteiger partial charge is 0.460 e. The van der Waals surface area contributed by atoms with E-state index in [-0.39, 0.29) is 12.0 Å². The first kappa shape index (κ1) is 18.0. The molecule has 1 atom stereocenters. The predicted octanol–water partition coefficient (Wildman–Crippen LogP) is 4.11. The third-order valence-corrected chi connectivity index (χ3v) is 4.10. The highest BCUT2D eigenvalue weighted by atomic mass is 16.5. The summed E-state index contributed by atoms with van der Waals surface area (Å²) >= 11 is 0. The minimum absolute atomic E-state index is 0.211. The van der Waals surface area contributed by atoms with Crippen LogP contribution in [-0.4, -0.2) is 24.0 Å². The lowest BCUT2D eigenvalue weighted by atomic mass is 10.1. The number of hydrogen-bond acceptors (Lipinski definition) is 3. The summed E-state index contributed by atoms with van der Waals surface area (Å²) in [6, 6.07) is 17.7. The number of aryl methyl sites for hydroxylation is 1. The van der Waals surface area contributed by atoms with Crippen LogP contribution in [0, 0.1) is 6.92 Å². The summed E-state index contributed by atoms with van der Waals surface area (Å²) in [5.74, 6) is -0.211. The second kappa shape index (κ2) is 9.04. The molecule has 0 saturated heterocycles. The normalized spacial score (nSPS) is 12.0. The van der Waals surface area contributed by atoms with Crippen LogP contribution in [0.3, 0.4) is 0 Å². The molecule has 0 aliphatic rings. The first-order valence-corrected chi connectivity index (χ1v) is 8.18. The van der Waals surface area contributed by atoms with Gasteiger partial charge in [-0.2, -0.15) is 0 Å². The fraction of sp³-hybridized carbons (Fsp3) is 0.286. The van der Waals surface area contributed by atoms with Crippen LogP contribution >= 0.6 is 0 Å². The fourth-order valence-electron chi connectivity index (χ4n) is 2.61. The molecular weight excluding hydrogens is 298 g/mol. The van der Waals surface area contributed by atoms with Crippen molar-refractivity contribution in [3.8, 4) is 0 Å². The first-order chi connectivity index (χ1) is 11.6. The lowest BCUT2D eigenvalue weighted by Crippen LogP contribution is -2.38. The molecule has 2 aromatic carbocycles. The molecule has 24 heavy (non-hydrogen) atoms. The maximum Gasteiger partial charge on any atom is 0.324 e. The molecule has 0 aliphatic heterocycles. The van der Waals surface area contributed by atoms with E-state index < -0.39 is 0 Å². The lowest BCUT2D eigenvalue weighted by molar-refractivity contribution is -0.151. The molecule has 0 amide bonds. The average molecular weight is 323 g/mol. The van der Waals surface area contributed by atoms with Crippen LogP contribution in [0.15, 0.2) is 67.3 Å². The van der Waals surface area contributed by atoms with Crippen molar-refractivity contribution in [3.05, 3.63) is 83.9 Å². The van der Waals surface area contributed by atoms with Crippen LogP contribution in [-0.2, 0) is 22.7 Å². The van der Waals surface area contributed by atoms with E-state index >= 15 is 0 Å². The van der Waals surface area contributed by atoms with Crippen molar-refractivity contribution in [1.82, 2.24) is 4.90 Å². The second-order valence-electron chi connectivity index (χ2n) is 5.98. The van der Waals surface area contributed by atoms with E-state index in [0.29, 0.717) is 19.6 Å². The van der Waals surface area contributed by atoms with Crippen LogP contribution in [0.1, 0.15) is 23.1 Å². The molecule has 1 unspecified atom stereocenters. The minimum Gasteiger partial charge on any atom is -0.460 e. The Morgan fingerprint density at radius 1 is 1.17 bits per heavy atom. The summed E-state index contributed by atoms with van der Waals surface area (Å²) in [6.07, 6.45) is 2.33. The van der Waals surface area contributed by atoms with Gasteiger partial charge >= 0.3 is 5.97 Å². The number of likely N-dealkylation sites (N-methyl/N-ethyl adjacent to an activating group) is 1. The minimum atomic E-state index is -0.327. The Bertz CT molecular complexity index is 667. The fourth-order valence-corrected chi connectivity index (χ4v) is 2.61. The molecule has 0 aromatic heterocycles. The number of nitrogens with zero attached hydrogens (tertiary/aromatic N) is 1. The van der Waals surface area contributed by atoms with Crippen LogP contribution in [0.2, 0.25) is 0 Å². The average Bonchev–Trinajstić information content (AvgIpc) is 2.59. The van der Waals surface area contributed by atoms with Gasteiger partial charge < -0.3 is 4.74 Å². The van der Waals surface area contributed by atoms with Gasteiger partial charge in [-0.15, -0.1) is 6.58 Å². The zero-order chi connectivity index (χ0) is 17.4. The molecule has 3 nitrogen and oxygen atoms in total. The van der Waals surface area contributed by atoms with Crippen molar-refractivity contribution in [3.63, 3.8) is 0 Å². The van der Waals surface area contributed by atoms with Crippen molar-refractivity contribution < 1.29 is 9.53 Å². The highest BCUT2D eigenvalue weighted by Crippen LogP contribution is 2.13. The number of carbonyl (C=O) groups is 1. The molecule has 0 heterocycles. The van der Waals surface area contributed by atoms with Gasteiger partial charge in [0.15, 0.2) is 0 Å². The van der Waals surface area contributed by atoms with E-state index in [2.05, 4.69) is 18.7 Å². The molecule has 0 spiro atoms. The summed E-state index contributed by atoms with van der Waals surface area (Å²) in [5, 5.41) is 0. The van der Waals surface area contributed by atoms with Crippen molar-refractivity contribution in [2.24, 2.45) is 0 Å². The molecule has 0 aliphatic carbocycles. The molecule has 2 aromatic rings. The monoisotopic (exact) mass is 323 g/mol. The summed E-state index contributed by atoms with van der Waals surface area (Å²) in [4.78, 5) is 14.5. The standard InChI is InChI=1S/C21H25NO2/c1-4-10-20(22(3)15-18-12-6-5-7-13-18)21(23)24-16-19-14-9-8-11-17(19)2/h4-9,11-14,20H,1,10,15-16H2,2-3H3. The highest BCUT2D eigenvalue weighted by molar-refractivity contribution is 5.76. The van der Waals surface area contributed by atoms with Gasteiger partial charge in [0.1, 0.15) is 12.6 Å². The van der Waals surface area contributed by atoms with Crippen molar-refractivity contribution in [2.45, 2.75) is 32.5 Å². The molecule has 2 rings (SSSR count). The van der Waals surface area contributed by atoms with E-state index in [9.17, 15) is 4.79 Å². The molecule has 0 bridgehead atoms. The smallest absolute Gasteiger partial charge is 0.324 e. The molecule has 3 heteroatoms. The number of esters is 1. The van der Waals surface area contributed by atoms with E-state index in [0.717, 1.165) is 11.1 Å². The van der Waals surface area contributed by atoms with Crippen molar-refractivity contribution in [2.75, 3.05) is 7.05 Å². The summed E-state index contributed by atoms with van der Waals surface area (Å²) in [6.45, 7) is 6.79. The maximum atomic E-state index is 12.5. The Balaban J connectivity index is 1.99. The van der Waals surface area contributed by atoms with Gasteiger partial charge in [0, 0.05) is 6.54 Å². The summed E-state index contributed by atoms with van der Waals surface area (Å²) in [5.41, 5.74) is 3.33. The van der Waals surface area contributed by atoms with Gasteiger partial charge in [0.25, 0.3) is 0 Å². The van der Waals surface area contributed by atoms with E-state index in [1.807, 2.05) is 61.3 Å². The van der Waals surface area contributed by atoms with E-state index in [1.165, 1.54) is 5.56 Å². The van der Waals surface area contributed by atoms with Crippen LogP contribution in [0.4, 0.5) is 0 Å². The zero-order valence-electron chi connectivity index (χ0n) is 14.4. The van der Waals surface area contributed by atoms with Gasteiger partial charge in [0.05, 0.1) is 0 Å². The molecule has 0 fully saturated rings. The lowest BCUT2D eigenvalue weighted by Gasteiger charge is -2.25. The van der Waals surface area contributed by atoms with Gasteiger partial charge in [-0.25, -0.2) is 0 Å². The van der Waals surface area contributed by atoms with Crippen LogP contribution < -0.4 is 0 Å². The zero-order valence-corrected chi connectivity index (χ0v) is 14.4. The first-order valence-electron chi connectivity index (χ1n) is 8.18. The predicted molar refractivity (Wildman–Crippen MR) is 97.5 cm³/mol. The molecule has 0 radical (unpaired) electrons. The number of rotatable bonds is 8. The second-order valence-corrected chi connectivity index (χ2v) is 5.98. The van der Waals surface area contributed by atoms with E-state index in [4.69, 9.17) is 4.74 Å². The van der Waals surface area contributed by atoms with Crippen molar-refractivity contribution >= 4 is 5.97 Å². The van der Waals surface area contributed by atoms with Crippen LogP contribution in [0.25, 0.3) is 0 Å². The number of benzene rings is 2. The van der Waals surface area contributed by atoms with Crippen LogP contribution in [0.5, 0.6) is 0 Å². The Hall–Kier alpha value is -2.39. The maximum absolute atomic E-state index is 12.5. The SMILES string of the molecule is C=CCC(C(=O)OCc1ccccc1C)N(C)Cc1ccccc1. The topological polar surface area (TPSA) is 29.5 Å². The third-order valence-electron chi connectivity index (χ3n) is 4.10. The highest BCUT2D eigenvalue weighted by Gasteiger charge is 2.23. The van der Waals surface area contributed by atoms with E-state index in [1.54, 1.807) is 6.08 Å². The quantitative estimate of drug-likeness (QED) is 0.541. The Labute approximate surface area is 144 Å². The molecule has 0 N–H and O–H groups in total. The third kappa shape index (κ3) is 5.07. The number of carbonyl (C=O) groups excluding carboxylic acids is 1.